The standard InChI is InChI=1S/C28H31NO5/c1-5-33-28(31)25-18(3)29-22-7-6-8-23(30)27(22)26(25)19-11-14-24(32-4)20(15-19)16-34-21-12-9-17(2)10-13-21/h9-15,26,29H,5-8,16H2,1-4H3. The van der Waals surface area contributed by atoms with Crippen molar-refractivity contribution in [3.63, 3.8) is 0 Å². The predicted molar refractivity (Wildman–Crippen MR) is 130 cm³/mol. The number of carbonyl (C=O) groups excluding carboxylic acids is 2. The molecule has 178 valence electrons. The van der Waals surface area contributed by atoms with E-state index < -0.39 is 11.9 Å². The zero-order valence-electron chi connectivity index (χ0n) is 20.2. The molecule has 2 aromatic rings. The van der Waals surface area contributed by atoms with Gasteiger partial charge in [-0.25, -0.2) is 4.79 Å². The molecule has 2 aromatic carbocycles. The Bertz CT molecular complexity index is 1160. The van der Waals surface area contributed by atoms with Gasteiger partial charge < -0.3 is 19.5 Å². The fourth-order valence-electron chi connectivity index (χ4n) is 4.68. The van der Waals surface area contributed by atoms with E-state index in [1.54, 1.807) is 14.0 Å². The number of aryl methyl sites for hydroxylation is 1. The molecule has 1 unspecified atom stereocenters. The highest BCUT2D eigenvalue weighted by molar-refractivity contribution is 6.03. The van der Waals surface area contributed by atoms with Crippen LogP contribution in [0.5, 0.6) is 11.5 Å². The van der Waals surface area contributed by atoms with Crippen LogP contribution in [-0.4, -0.2) is 25.5 Å². The molecule has 0 radical (unpaired) electrons. The lowest BCUT2D eigenvalue weighted by atomic mass is 9.75. The number of dihydropyridines is 1. The van der Waals surface area contributed by atoms with Gasteiger partial charge in [0.1, 0.15) is 18.1 Å². The second-order valence-electron chi connectivity index (χ2n) is 8.66. The molecule has 6 nitrogen and oxygen atoms in total. The summed E-state index contributed by atoms with van der Waals surface area (Å²) in [5.74, 6) is 0.617. The van der Waals surface area contributed by atoms with E-state index in [-0.39, 0.29) is 12.4 Å². The number of rotatable bonds is 7. The van der Waals surface area contributed by atoms with E-state index in [1.807, 2.05) is 56.3 Å². The number of carbonyl (C=O) groups is 2. The number of esters is 1. The highest BCUT2D eigenvalue weighted by Gasteiger charge is 2.39. The predicted octanol–water partition coefficient (Wildman–Crippen LogP) is 5.11. The normalized spacial score (nSPS) is 17.8. The van der Waals surface area contributed by atoms with Crippen LogP contribution in [0.4, 0.5) is 0 Å². The molecule has 0 saturated carbocycles. The maximum atomic E-state index is 13.1. The van der Waals surface area contributed by atoms with Gasteiger partial charge in [-0.2, -0.15) is 0 Å². The van der Waals surface area contributed by atoms with Crippen LogP contribution >= 0.6 is 0 Å². The van der Waals surface area contributed by atoms with Crippen LogP contribution in [0.25, 0.3) is 0 Å². The number of methoxy groups -OCH3 is 1. The summed E-state index contributed by atoms with van der Waals surface area (Å²) in [5.41, 5.74) is 5.61. The third-order valence-corrected chi connectivity index (χ3v) is 6.32. The molecule has 1 heterocycles. The quantitative estimate of drug-likeness (QED) is 0.578. The number of ether oxygens (including phenoxy) is 3. The summed E-state index contributed by atoms with van der Waals surface area (Å²) >= 11 is 0. The van der Waals surface area contributed by atoms with E-state index in [4.69, 9.17) is 14.2 Å². The van der Waals surface area contributed by atoms with Crippen molar-refractivity contribution in [2.45, 2.75) is 52.6 Å². The van der Waals surface area contributed by atoms with Crippen molar-refractivity contribution < 1.29 is 23.8 Å². The Labute approximate surface area is 200 Å². The monoisotopic (exact) mass is 461 g/mol. The van der Waals surface area contributed by atoms with Crippen molar-refractivity contribution in [2.75, 3.05) is 13.7 Å². The topological polar surface area (TPSA) is 73.9 Å². The van der Waals surface area contributed by atoms with Crippen LogP contribution in [0.1, 0.15) is 55.7 Å². The second-order valence-corrected chi connectivity index (χ2v) is 8.66. The first-order valence-electron chi connectivity index (χ1n) is 11.7. The maximum Gasteiger partial charge on any atom is 0.336 e. The molecule has 4 rings (SSSR count). The number of hydrogen-bond acceptors (Lipinski definition) is 6. The number of hydrogen-bond donors (Lipinski definition) is 1. The summed E-state index contributed by atoms with van der Waals surface area (Å²) in [7, 11) is 1.62. The SMILES string of the molecule is CCOC(=O)C1=C(C)NC2=C(C(=O)CCC2)C1c1ccc(OC)c(COc2ccc(C)cc2)c1. The Morgan fingerprint density at radius 2 is 1.85 bits per heavy atom. The van der Waals surface area contributed by atoms with E-state index in [0.717, 1.165) is 46.7 Å². The van der Waals surface area contributed by atoms with Crippen LogP contribution in [-0.2, 0) is 20.9 Å². The van der Waals surface area contributed by atoms with Gasteiger partial charge in [0.2, 0.25) is 0 Å². The largest absolute Gasteiger partial charge is 0.496 e. The van der Waals surface area contributed by atoms with Gasteiger partial charge in [0.05, 0.1) is 19.3 Å². The smallest absolute Gasteiger partial charge is 0.336 e. The highest BCUT2D eigenvalue weighted by atomic mass is 16.5. The van der Waals surface area contributed by atoms with Crippen molar-refractivity contribution in [1.82, 2.24) is 5.32 Å². The van der Waals surface area contributed by atoms with E-state index in [0.29, 0.717) is 29.9 Å². The average Bonchev–Trinajstić information content (AvgIpc) is 2.83. The first-order valence-corrected chi connectivity index (χ1v) is 11.7. The molecule has 2 aliphatic rings. The summed E-state index contributed by atoms with van der Waals surface area (Å²) in [4.78, 5) is 26.1. The van der Waals surface area contributed by atoms with Crippen molar-refractivity contribution in [2.24, 2.45) is 0 Å². The molecular weight excluding hydrogens is 430 g/mol. The minimum atomic E-state index is -0.493. The molecule has 0 bridgehead atoms. The van der Waals surface area contributed by atoms with Gasteiger partial charge >= 0.3 is 5.97 Å². The molecule has 0 saturated heterocycles. The zero-order chi connectivity index (χ0) is 24.2. The molecule has 1 aliphatic heterocycles. The molecular formula is C28H31NO5. The Hall–Kier alpha value is -3.54. The lowest BCUT2D eigenvalue weighted by Crippen LogP contribution is -2.34. The lowest BCUT2D eigenvalue weighted by Gasteiger charge is -2.34. The van der Waals surface area contributed by atoms with Crippen LogP contribution in [0.3, 0.4) is 0 Å². The molecule has 0 fully saturated rings. The molecule has 0 spiro atoms. The van der Waals surface area contributed by atoms with Gasteiger partial charge in [0.25, 0.3) is 0 Å². The van der Waals surface area contributed by atoms with Gasteiger partial charge in [0.15, 0.2) is 5.78 Å². The van der Waals surface area contributed by atoms with Crippen molar-refractivity contribution in [3.8, 4) is 11.5 Å². The third-order valence-electron chi connectivity index (χ3n) is 6.32. The molecule has 6 heteroatoms. The first kappa shape index (κ1) is 23.6. The van der Waals surface area contributed by atoms with Crippen LogP contribution < -0.4 is 14.8 Å². The zero-order valence-corrected chi connectivity index (χ0v) is 20.2. The maximum absolute atomic E-state index is 13.1. The Kier molecular flexibility index (Phi) is 7.06. The van der Waals surface area contributed by atoms with Crippen molar-refractivity contribution in [1.29, 1.82) is 0 Å². The summed E-state index contributed by atoms with van der Waals surface area (Å²) in [6.45, 7) is 6.24. The van der Waals surface area contributed by atoms with E-state index >= 15 is 0 Å². The summed E-state index contributed by atoms with van der Waals surface area (Å²) in [6.07, 6.45) is 2.06. The summed E-state index contributed by atoms with van der Waals surface area (Å²) < 4.78 is 17.0. The fraction of sp³-hybridized carbons (Fsp3) is 0.357. The van der Waals surface area contributed by atoms with Crippen LogP contribution in [0.15, 0.2) is 65.0 Å². The van der Waals surface area contributed by atoms with Crippen molar-refractivity contribution in [3.05, 3.63) is 81.7 Å². The number of Topliss-reactive ketones (excluding diaryl/α,β-unsaturated/α-hetero) is 1. The third kappa shape index (κ3) is 4.72. The van der Waals surface area contributed by atoms with Crippen molar-refractivity contribution >= 4 is 11.8 Å². The molecule has 1 N–H and O–H groups in total. The fourth-order valence-corrected chi connectivity index (χ4v) is 4.68. The Balaban J connectivity index is 1.75. The average molecular weight is 462 g/mol. The molecule has 0 aromatic heterocycles. The second kappa shape index (κ2) is 10.2. The Morgan fingerprint density at radius 3 is 2.56 bits per heavy atom. The van der Waals surface area contributed by atoms with Crippen LogP contribution in [0, 0.1) is 6.92 Å². The van der Waals surface area contributed by atoms with Gasteiger partial charge in [-0.05, 0) is 63.4 Å². The Morgan fingerprint density at radius 1 is 1.09 bits per heavy atom. The number of nitrogens with one attached hydrogen (secondary N) is 1. The van der Waals surface area contributed by atoms with Gasteiger partial charge in [-0.15, -0.1) is 0 Å². The number of ketones is 1. The van der Waals surface area contributed by atoms with E-state index in [2.05, 4.69) is 5.32 Å². The number of benzene rings is 2. The van der Waals surface area contributed by atoms with Gasteiger partial charge in [-0.1, -0.05) is 23.8 Å². The van der Waals surface area contributed by atoms with E-state index in [1.165, 1.54) is 0 Å². The summed E-state index contributed by atoms with van der Waals surface area (Å²) in [6, 6.07) is 13.6. The molecule has 1 aliphatic carbocycles. The number of allylic oxidation sites excluding steroid dienone is 3. The van der Waals surface area contributed by atoms with Gasteiger partial charge in [0, 0.05) is 34.9 Å². The van der Waals surface area contributed by atoms with Crippen LogP contribution in [0.2, 0.25) is 0 Å². The lowest BCUT2D eigenvalue weighted by molar-refractivity contribution is -0.138. The van der Waals surface area contributed by atoms with Gasteiger partial charge in [-0.3, -0.25) is 4.79 Å². The first-order chi connectivity index (χ1) is 16.4. The molecule has 34 heavy (non-hydrogen) atoms. The molecule has 1 atom stereocenters. The van der Waals surface area contributed by atoms with E-state index in [9.17, 15) is 9.59 Å². The molecule has 0 amide bonds. The minimum absolute atomic E-state index is 0.0707. The minimum Gasteiger partial charge on any atom is -0.496 e. The highest BCUT2D eigenvalue weighted by Crippen LogP contribution is 2.43. The summed E-state index contributed by atoms with van der Waals surface area (Å²) in [5, 5.41) is 3.31.